The third-order valence-corrected chi connectivity index (χ3v) is 5.31. The molecule has 1 aromatic rings. The number of likely N-dealkylation sites (N-methyl/N-ethyl adjacent to an activating group) is 1. The van der Waals surface area contributed by atoms with E-state index in [2.05, 4.69) is 4.98 Å². The molecule has 7 heteroatoms. The van der Waals surface area contributed by atoms with Crippen LogP contribution in [-0.4, -0.2) is 58.7 Å². The summed E-state index contributed by atoms with van der Waals surface area (Å²) >= 11 is 0. The second-order valence-corrected chi connectivity index (χ2v) is 7.35. The van der Waals surface area contributed by atoms with Gasteiger partial charge in [-0.15, -0.1) is 0 Å². The molecule has 1 saturated heterocycles. The Bertz CT molecular complexity index is 588. The van der Waals surface area contributed by atoms with Crippen molar-refractivity contribution in [2.75, 3.05) is 18.1 Å². The van der Waals surface area contributed by atoms with Gasteiger partial charge in [-0.05, 0) is 25.6 Å². The number of rotatable bonds is 4. The zero-order chi connectivity index (χ0) is 14.9. The molecule has 0 unspecified atom stereocenters. The largest absolute Gasteiger partial charge is 0.506 e. The van der Waals surface area contributed by atoms with Gasteiger partial charge in [0.25, 0.3) is 0 Å². The molecule has 0 aromatic carbocycles. The van der Waals surface area contributed by atoms with Crippen LogP contribution in [0.15, 0.2) is 12.1 Å². The van der Waals surface area contributed by atoms with E-state index in [9.17, 15) is 18.6 Å². The summed E-state index contributed by atoms with van der Waals surface area (Å²) in [6.07, 6.45) is -0.882. The van der Waals surface area contributed by atoms with Gasteiger partial charge in [0.15, 0.2) is 9.84 Å². The molecular weight excluding hydrogens is 280 g/mol. The maximum Gasteiger partial charge on any atom is 0.154 e. The summed E-state index contributed by atoms with van der Waals surface area (Å²) in [6, 6.07) is 2.85. The molecular formula is C13H20N2O4S. The van der Waals surface area contributed by atoms with Gasteiger partial charge in [0.2, 0.25) is 0 Å². The quantitative estimate of drug-likeness (QED) is 0.818. The fourth-order valence-corrected chi connectivity index (χ4v) is 4.37. The van der Waals surface area contributed by atoms with E-state index in [0.717, 1.165) is 5.69 Å². The lowest BCUT2D eigenvalue weighted by Crippen LogP contribution is -2.42. The lowest BCUT2D eigenvalue weighted by atomic mass is 10.1. The maximum absolute atomic E-state index is 11.6. The normalized spacial score (nSPS) is 25.2. The Balaban J connectivity index is 2.19. The summed E-state index contributed by atoms with van der Waals surface area (Å²) in [6.45, 7) is 4.62. The number of aliphatic hydroxyl groups excluding tert-OH is 1. The van der Waals surface area contributed by atoms with Crippen molar-refractivity contribution < 1.29 is 18.6 Å². The molecule has 2 heterocycles. The first-order valence-electron chi connectivity index (χ1n) is 6.60. The Morgan fingerprint density at radius 3 is 2.65 bits per heavy atom. The standard InChI is InChI=1S/C13H20N2O4S/c1-3-15(11-7-20(18,19)8-13(11)17)6-10-12(16)5-4-9(2)14-10/h4-5,11,13,16-17H,3,6-8H2,1-2H3/t11-,13-/m0/s1. The summed E-state index contributed by atoms with van der Waals surface area (Å²) in [7, 11) is -3.18. The molecule has 0 radical (unpaired) electrons. The number of aromatic nitrogens is 1. The van der Waals surface area contributed by atoms with Gasteiger partial charge in [-0.2, -0.15) is 0 Å². The summed E-state index contributed by atoms with van der Waals surface area (Å²) in [5, 5.41) is 19.7. The Morgan fingerprint density at radius 2 is 2.10 bits per heavy atom. The molecule has 112 valence electrons. The number of sulfone groups is 1. The molecule has 1 aromatic heterocycles. The van der Waals surface area contributed by atoms with Crippen molar-refractivity contribution in [1.29, 1.82) is 0 Å². The van der Waals surface area contributed by atoms with E-state index in [1.54, 1.807) is 12.1 Å². The third-order valence-electron chi connectivity index (χ3n) is 3.61. The van der Waals surface area contributed by atoms with E-state index in [1.807, 2.05) is 18.7 Å². The van der Waals surface area contributed by atoms with Crippen molar-refractivity contribution in [2.45, 2.75) is 32.5 Å². The second kappa shape index (κ2) is 5.67. The van der Waals surface area contributed by atoms with Crippen molar-refractivity contribution in [2.24, 2.45) is 0 Å². The maximum atomic E-state index is 11.6. The Hall–Kier alpha value is -1.18. The summed E-state index contributed by atoms with van der Waals surface area (Å²) in [4.78, 5) is 6.11. The van der Waals surface area contributed by atoms with Crippen molar-refractivity contribution >= 4 is 9.84 Å². The van der Waals surface area contributed by atoms with Crippen LogP contribution in [0.25, 0.3) is 0 Å². The van der Waals surface area contributed by atoms with Gasteiger partial charge in [-0.1, -0.05) is 6.92 Å². The first-order chi connectivity index (χ1) is 9.32. The summed E-state index contributed by atoms with van der Waals surface area (Å²) in [5.41, 5.74) is 1.29. The van der Waals surface area contributed by atoms with Crippen LogP contribution in [0.1, 0.15) is 18.3 Å². The van der Waals surface area contributed by atoms with Crippen LogP contribution < -0.4 is 0 Å². The van der Waals surface area contributed by atoms with Gasteiger partial charge in [0.05, 0.1) is 29.3 Å². The zero-order valence-electron chi connectivity index (χ0n) is 11.7. The van der Waals surface area contributed by atoms with E-state index in [-0.39, 0.29) is 17.3 Å². The summed E-state index contributed by atoms with van der Waals surface area (Å²) in [5.74, 6) is -0.153. The number of aryl methyl sites for hydroxylation is 1. The highest BCUT2D eigenvalue weighted by Crippen LogP contribution is 2.23. The highest BCUT2D eigenvalue weighted by Gasteiger charge is 2.39. The molecule has 0 bridgehead atoms. The molecule has 0 aliphatic carbocycles. The van der Waals surface area contributed by atoms with Crippen LogP contribution in [0.5, 0.6) is 5.75 Å². The topological polar surface area (TPSA) is 90.7 Å². The lowest BCUT2D eigenvalue weighted by molar-refractivity contribution is 0.0805. The van der Waals surface area contributed by atoms with Crippen LogP contribution in [0.2, 0.25) is 0 Å². The van der Waals surface area contributed by atoms with Gasteiger partial charge in [0, 0.05) is 12.2 Å². The van der Waals surface area contributed by atoms with Gasteiger partial charge < -0.3 is 10.2 Å². The second-order valence-electron chi connectivity index (χ2n) is 5.19. The van der Waals surface area contributed by atoms with Crippen LogP contribution in [0.3, 0.4) is 0 Å². The highest BCUT2D eigenvalue weighted by atomic mass is 32.2. The van der Waals surface area contributed by atoms with E-state index in [1.165, 1.54) is 0 Å². The monoisotopic (exact) mass is 300 g/mol. The summed E-state index contributed by atoms with van der Waals surface area (Å²) < 4.78 is 23.2. The fourth-order valence-electron chi connectivity index (χ4n) is 2.53. The Kier molecular flexibility index (Phi) is 4.31. The van der Waals surface area contributed by atoms with Crippen LogP contribution in [0, 0.1) is 6.92 Å². The zero-order valence-corrected chi connectivity index (χ0v) is 12.5. The van der Waals surface area contributed by atoms with Crippen LogP contribution >= 0.6 is 0 Å². The molecule has 0 amide bonds. The number of aromatic hydroxyl groups is 1. The van der Waals surface area contributed by atoms with Crippen molar-refractivity contribution in [1.82, 2.24) is 9.88 Å². The third kappa shape index (κ3) is 3.28. The number of hydrogen-bond donors (Lipinski definition) is 2. The molecule has 1 aliphatic rings. The molecule has 20 heavy (non-hydrogen) atoms. The van der Waals surface area contributed by atoms with Gasteiger partial charge in [-0.3, -0.25) is 9.88 Å². The average molecular weight is 300 g/mol. The smallest absolute Gasteiger partial charge is 0.154 e. The van der Waals surface area contributed by atoms with E-state index < -0.39 is 22.0 Å². The fraction of sp³-hybridized carbons (Fsp3) is 0.615. The number of nitrogens with zero attached hydrogens (tertiary/aromatic N) is 2. The molecule has 1 aliphatic heterocycles. The van der Waals surface area contributed by atoms with E-state index >= 15 is 0 Å². The highest BCUT2D eigenvalue weighted by molar-refractivity contribution is 7.91. The molecule has 2 N–H and O–H groups in total. The lowest BCUT2D eigenvalue weighted by Gasteiger charge is -2.28. The van der Waals surface area contributed by atoms with Crippen molar-refractivity contribution in [3.63, 3.8) is 0 Å². The molecule has 2 rings (SSSR count). The van der Waals surface area contributed by atoms with Crippen molar-refractivity contribution in [3.8, 4) is 5.75 Å². The minimum absolute atomic E-state index is 0.0470. The average Bonchev–Trinajstić information content (AvgIpc) is 2.64. The minimum Gasteiger partial charge on any atom is -0.506 e. The molecule has 6 nitrogen and oxygen atoms in total. The van der Waals surface area contributed by atoms with Crippen molar-refractivity contribution in [3.05, 3.63) is 23.5 Å². The molecule has 0 spiro atoms. The Labute approximate surface area is 119 Å². The number of aliphatic hydroxyl groups is 1. The van der Waals surface area contributed by atoms with E-state index in [0.29, 0.717) is 18.8 Å². The SMILES string of the molecule is CCN(Cc1nc(C)ccc1O)[C@H]1CS(=O)(=O)C[C@@H]1O. The first-order valence-corrected chi connectivity index (χ1v) is 8.42. The minimum atomic E-state index is -3.18. The van der Waals surface area contributed by atoms with Crippen LogP contribution in [-0.2, 0) is 16.4 Å². The number of pyridine rings is 1. The van der Waals surface area contributed by atoms with Gasteiger partial charge in [0.1, 0.15) is 5.75 Å². The first kappa shape index (κ1) is 15.2. The predicted octanol–water partition coefficient (Wildman–Crippen LogP) is 0.0754. The Morgan fingerprint density at radius 1 is 1.40 bits per heavy atom. The molecule has 0 saturated carbocycles. The molecule has 1 fully saturated rings. The van der Waals surface area contributed by atoms with Gasteiger partial charge in [-0.25, -0.2) is 8.42 Å². The van der Waals surface area contributed by atoms with E-state index in [4.69, 9.17) is 0 Å². The molecule has 2 atom stereocenters. The van der Waals surface area contributed by atoms with Gasteiger partial charge >= 0.3 is 0 Å². The predicted molar refractivity (Wildman–Crippen MR) is 75.2 cm³/mol. The number of hydrogen-bond acceptors (Lipinski definition) is 6. The van der Waals surface area contributed by atoms with Crippen LogP contribution in [0.4, 0.5) is 0 Å².